The van der Waals surface area contributed by atoms with Gasteiger partial charge in [0.1, 0.15) is 0 Å². The highest BCUT2D eigenvalue weighted by Crippen LogP contribution is 2.22. The van der Waals surface area contributed by atoms with E-state index >= 15 is 0 Å². The molecular weight excluding hydrogens is 186 g/mol. The van der Waals surface area contributed by atoms with Crippen LogP contribution < -0.4 is 5.32 Å². The fourth-order valence-electron chi connectivity index (χ4n) is 1.66. The molecule has 0 aliphatic carbocycles. The quantitative estimate of drug-likeness (QED) is 0.801. The fourth-order valence-corrected chi connectivity index (χ4v) is 1.66. The molecule has 1 aromatic carbocycles. The first-order valence-electron chi connectivity index (χ1n) is 5.43. The van der Waals surface area contributed by atoms with Crippen LogP contribution >= 0.6 is 0 Å². The summed E-state index contributed by atoms with van der Waals surface area (Å²) in [6.45, 7) is 5.25. The maximum Gasteiger partial charge on any atom is 0.0833 e. The lowest BCUT2D eigenvalue weighted by Crippen LogP contribution is -2.13. The Morgan fingerprint density at radius 2 is 2.00 bits per heavy atom. The number of hydrogen-bond acceptors (Lipinski definition) is 2. The molecule has 0 saturated heterocycles. The molecular formula is C13H21NO. The molecule has 84 valence electrons. The summed E-state index contributed by atoms with van der Waals surface area (Å²) < 4.78 is 5.49. The lowest BCUT2D eigenvalue weighted by molar-refractivity contribution is 0.0961. The van der Waals surface area contributed by atoms with Crippen LogP contribution in [0.2, 0.25) is 0 Å². The summed E-state index contributed by atoms with van der Waals surface area (Å²) >= 11 is 0. The van der Waals surface area contributed by atoms with Crippen LogP contribution in [0.5, 0.6) is 0 Å². The Kier molecular flexibility index (Phi) is 4.79. The van der Waals surface area contributed by atoms with E-state index in [2.05, 4.69) is 37.4 Å². The highest BCUT2D eigenvalue weighted by Gasteiger charge is 2.10. The smallest absolute Gasteiger partial charge is 0.0833 e. The van der Waals surface area contributed by atoms with Crippen molar-refractivity contribution in [2.24, 2.45) is 0 Å². The summed E-state index contributed by atoms with van der Waals surface area (Å²) in [6, 6.07) is 6.54. The molecule has 0 aliphatic rings. The first kappa shape index (κ1) is 12.2. The van der Waals surface area contributed by atoms with E-state index in [9.17, 15) is 0 Å². The van der Waals surface area contributed by atoms with Gasteiger partial charge in [0.05, 0.1) is 6.10 Å². The normalized spacial score (nSPS) is 12.8. The highest BCUT2D eigenvalue weighted by molar-refractivity contribution is 5.31. The molecule has 1 unspecified atom stereocenters. The molecule has 0 aliphatic heterocycles. The van der Waals surface area contributed by atoms with Crippen LogP contribution in [0, 0.1) is 13.8 Å². The van der Waals surface area contributed by atoms with Crippen LogP contribution in [-0.4, -0.2) is 20.7 Å². The first-order chi connectivity index (χ1) is 7.19. The summed E-state index contributed by atoms with van der Waals surface area (Å²) in [5, 5.41) is 3.15. The van der Waals surface area contributed by atoms with Crippen LogP contribution in [0.3, 0.4) is 0 Å². The molecule has 15 heavy (non-hydrogen) atoms. The molecule has 2 nitrogen and oxygen atoms in total. The predicted molar refractivity (Wildman–Crippen MR) is 64.2 cm³/mol. The Labute approximate surface area is 92.6 Å². The Hall–Kier alpha value is -0.860. The minimum absolute atomic E-state index is 0.205. The maximum atomic E-state index is 5.49. The number of benzene rings is 1. The zero-order valence-electron chi connectivity index (χ0n) is 10.1. The molecule has 0 amide bonds. The Bertz CT molecular complexity index is 309. The molecule has 0 heterocycles. The molecule has 0 saturated carbocycles. The third-order valence-corrected chi connectivity index (χ3v) is 2.84. The number of nitrogens with one attached hydrogen (secondary N) is 1. The molecule has 1 rings (SSSR count). The number of aryl methyl sites for hydroxylation is 2. The van der Waals surface area contributed by atoms with Crippen molar-refractivity contribution in [1.29, 1.82) is 0 Å². The van der Waals surface area contributed by atoms with Crippen molar-refractivity contribution in [2.75, 3.05) is 20.7 Å². The second-order valence-corrected chi connectivity index (χ2v) is 3.96. The minimum Gasteiger partial charge on any atom is -0.377 e. The predicted octanol–water partition coefficient (Wildman–Crippen LogP) is 2.60. The molecule has 0 fully saturated rings. The van der Waals surface area contributed by atoms with Crippen molar-refractivity contribution < 1.29 is 4.74 Å². The number of hydrogen-bond donors (Lipinski definition) is 1. The van der Waals surface area contributed by atoms with Crippen LogP contribution in [-0.2, 0) is 4.74 Å². The molecule has 1 N–H and O–H groups in total. The number of ether oxygens (including phenoxy) is 1. The van der Waals surface area contributed by atoms with Gasteiger partial charge < -0.3 is 10.1 Å². The standard InChI is InChI=1S/C13H21NO/c1-10-5-6-12(9-11(10)2)13(15-4)7-8-14-3/h5-6,9,13-14H,7-8H2,1-4H3. The second-order valence-electron chi connectivity index (χ2n) is 3.96. The average molecular weight is 207 g/mol. The summed E-state index contributed by atoms with van der Waals surface area (Å²) in [6.07, 6.45) is 1.21. The first-order valence-corrected chi connectivity index (χ1v) is 5.43. The van der Waals surface area contributed by atoms with Gasteiger partial charge in [-0.05, 0) is 50.6 Å². The van der Waals surface area contributed by atoms with Crippen LogP contribution in [0.4, 0.5) is 0 Å². The van der Waals surface area contributed by atoms with E-state index in [4.69, 9.17) is 4.74 Å². The van der Waals surface area contributed by atoms with Crippen molar-refractivity contribution >= 4 is 0 Å². The highest BCUT2D eigenvalue weighted by atomic mass is 16.5. The Morgan fingerprint density at radius 1 is 1.27 bits per heavy atom. The van der Waals surface area contributed by atoms with E-state index < -0.39 is 0 Å². The molecule has 1 aromatic rings. The van der Waals surface area contributed by atoms with Gasteiger partial charge in [0.25, 0.3) is 0 Å². The SMILES string of the molecule is CNCCC(OC)c1ccc(C)c(C)c1. The van der Waals surface area contributed by atoms with E-state index in [0.29, 0.717) is 0 Å². The summed E-state index contributed by atoms with van der Waals surface area (Å²) in [7, 11) is 3.74. The van der Waals surface area contributed by atoms with E-state index in [-0.39, 0.29) is 6.10 Å². The van der Waals surface area contributed by atoms with Crippen LogP contribution in [0.15, 0.2) is 18.2 Å². The fraction of sp³-hybridized carbons (Fsp3) is 0.538. The lowest BCUT2D eigenvalue weighted by Gasteiger charge is -2.16. The van der Waals surface area contributed by atoms with Crippen molar-refractivity contribution in [1.82, 2.24) is 5.32 Å². The van der Waals surface area contributed by atoms with Gasteiger partial charge in [-0.1, -0.05) is 18.2 Å². The third-order valence-electron chi connectivity index (χ3n) is 2.84. The van der Waals surface area contributed by atoms with Gasteiger partial charge in [-0.25, -0.2) is 0 Å². The van der Waals surface area contributed by atoms with Crippen molar-refractivity contribution in [3.8, 4) is 0 Å². The van der Waals surface area contributed by atoms with Crippen molar-refractivity contribution in [3.63, 3.8) is 0 Å². The monoisotopic (exact) mass is 207 g/mol. The second kappa shape index (κ2) is 5.89. The van der Waals surface area contributed by atoms with E-state index in [1.807, 2.05) is 7.05 Å². The van der Waals surface area contributed by atoms with E-state index in [1.165, 1.54) is 16.7 Å². The Morgan fingerprint density at radius 3 is 2.53 bits per heavy atom. The van der Waals surface area contributed by atoms with Gasteiger partial charge in [0, 0.05) is 7.11 Å². The third kappa shape index (κ3) is 3.33. The molecule has 0 bridgehead atoms. The van der Waals surface area contributed by atoms with Gasteiger partial charge in [0.2, 0.25) is 0 Å². The van der Waals surface area contributed by atoms with Gasteiger partial charge >= 0.3 is 0 Å². The molecule has 0 radical (unpaired) electrons. The Balaban J connectivity index is 2.78. The van der Waals surface area contributed by atoms with Gasteiger partial charge in [-0.15, -0.1) is 0 Å². The minimum atomic E-state index is 0.205. The van der Waals surface area contributed by atoms with E-state index in [1.54, 1.807) is 7.11 Å². The zero-order valence-corrected chi connectivity index (χ0v) is 10.1. The summed E-state index contributed by atoms with van der Waals surface area (Å²) in [4.78, 5) is 0. The largest absolute Gasteiger partial charge is 0.377 e. The molecule has 0 spiro atoms. The van der Waals surface area contributed by atoms with Crippen LogP contribution in [0.1, 0.15) is 29.2 Å². The molecule has 0 aromatic heterocycles. The topological polar surface area (TPSA) is 21.3 Å². The van der Waals surface area contributed by atoms with E-state index in [0.717, 1.165) is 13.0 Å². The van der Waals surface area contributed by atoms with Crippen molar-refractivity contribution in [2.45, 2.75) is 26.4 Å². The van der Waals surface area contributed by atoms with Gasteiger partial charge in [0.15, 0.2) is 0 Å². The summed E-state index contributed by atoms with van der Waals surface area (Å²) in [5.74, 6) is 0. The zero-order chi connectivity index (χ0) is 11.3. The van der Waals surface area contributed by atoms with Crippen LogP contribution in [0.25, 0.3) is 0 Å². The molecule has 1 atom stereocenters. The number of rotatable bonds is 5. The molecule has 2 heteroatoms. The summed E-state index contributed by atoms with van der Waals surface area (Å²) in [5.41, 5.74) is 3.94. The number of methoxy groups -OCH3 is 1. The van der Waals surface area contributed by atoms with Gasteiger partial charge in [-0.3, -0.25) is 0 Å². The lowest BCUT2D eigenvalue weighted by atomic mass is 10.0. The maximum absolute atomic E-state index is 5.49. The average Bonchev–Trinajstić information content (AvgIpc) is 2.24. The van der Waals surface area contributed by atoms with Crippen molar-refractivity contribution in [3.05, 3.63) is 34.9 Å². The van der Waals surface area contributed by atoms with Gasteiger partial charge in [-0.2, -0.15) is 0 Å².